The van der Waals surface area contributed by atoms with Crippen molar-refractivity contribution in [1.29, 1.82) is 0 Å². The maximum atomic E-state index is 12.2. The van der Waals surface area contributed by atoms with E-state index in [0.717, 1.165) is 22.6 Å². The Morgan fingerprint density at radius 2 is 1.74 bits per heavy atom. The van der Waals surface area contributed by atoms with E-state index in [4.69, 9.17) is 16.3 Å². The number of hydrogen-bond acceptors (Lipinski definition) is 4. The molecule has 0 atom stereocenters. The Hall–Kier alpha value is -3.05. The number of aromatic nitrogens is 1. The zero-order valence-electron chi connectivity index (χ0n) is 14.9. The molecule has 0 aliphatic heterocycles. The summed E-state index contributed by atoms with van der Waals surface area (Å²) in [6, 6.07) is 18.7. The second-order valence-electron chi connectivity index (χ2n) is 5.87. The molecule has 138 valence electrons. The summed E-state index contributed by atoms with van der Waals surface area (Å²) in [5.41, 5.74) is 3.08. The number of ether oxygens (including phenoxy) is 1. The van der Waals surface area contributed by atoms with E-state index in [2.05, 4.69) is 15.6 Å². The van der Waals surface area contributed by atoms with Gasteiger partial charge in [0.2, 0.25) is 0 Å². The quantitative estimate of drug-likeness (QED) is 0.641. The van der Waals surface area contributed by atoms with Crippen LogP contribution in [0.5, 0.6) is 5.75 Å². The van der Waals surface area contributed by atoms with Gasteiger partial charge < -0.3 is 15.4 Å². The van der Waals surface area contributed by atoms with Gasteiger partial charge >= 0.3 is 0 Å². The summed E-state index contributed by atoms with van der Waals surface area (Å²) in [6.45, 7) is 0.956. The summed E-state index contributed by atoms with van der Waals surface area (Å²) >= 11 is 6.10. The molecule has 5 nitrogen and oxygen atoms in total. The first-order valence-electron chi connectivity index (χ1n) is 8.51. The van der Waals surface area contributed by atoms with Gasteiger partial charge in [0.15, 0.2) is 0 Å². The molecule has 0 unspecified atom stereocenters. The van der Waals surface area contributed by atoms with Crippen LogP contribution < -0.4 is 15.4 Å². The van der Waals surface area contributed by atoms with Gasteiger partial charge in [-0.05, 0) is 29.8 Å². The van der Waals surface area contributed by atoms with Gasteiger partial charge in [0.1, 0.15) is 11.4 Å². The molecule has 0 fully saturated rings. The van der Waals surface area contributed by atoms with E-state index < -0.39 is 0 Å². The van der Waals surface area contributed by atoms with Crippen LogP contribution in [0.4, 0.5) is 5.69 Å². The van der Waals surface area contributed by atoms with Gasteiger partial charge in [0.25, 0.3) is 5.91 Å². The van der Waals surface area contributed by atoms with E-state index in [1.54, 1.807) is 25.4 Å². The fourth-order valence-electron chi connectivity index (χ4n) is 2.59. The first-order chi connectivity index (χ1) is 13.2. The van der Waals surface area contributed by atoms with E-state index in [1.165, 1.54) is 0 Å². The maximum Gasteiger partial charge on any atom is 0.270 e. The van der Waals surface area contributed by atoms with Crippen LogP contribution >= 0.6 is 11.6 Å². The zero-order valence-corrected chi connectivity index (χ0v) is 15.7. The van der Waals surface area contributed by atoms with Crippen molar-refractivity contribution in [3.8, 4) is 5.75 Å². The highest BCUT2D eigenvalue weighted by Crippen LogP contribution is 2.19. The van der Waals surface area contributed by atoms with Crippen molar-refractivity contribution in [2.75, 3.05) is 12.4 Å². The number of methoxy groups -OCH3 is 1. The summed E-state index contributed by atoms with van der Waals surface area (Å²) in [5.74, 6) is 0.583. The Morgan fingerprint density at radius 3 is 2.44 bits per heavy atom. The van der Waals surface area contributed by atoms with Crippen molar-refractivity contribution < 1.29 is 9.53 Å². The molecule has 0 spiro atoms. The molecule has 3 aromatic rings. The minimum atomic E-state index is -0.244. The number of benzene rings is 2. The SMILES string of the molecule is COc1ccccc1CNc1ccc(C(=O)NCc2ccccc2Cl)nc1. The topological polar surface area (TPSA) is 63.2 Å². The predicted molar refractivity (Wildman–Crippen MR) is 107 cm³/mol. The van der Waals surface area contributed by atoms with Crippen molar-refractivity contribution in [3.05, 3.63) is 88.7 Å². The molecule has 0 bridgehead atoms. The molecule has 0 aliphatic rings. The van der Waals surface area contributed by atoms with Crippen molar-refractivity contribution in [2.45, 2.75) is 13.1 Å². The number of carbonyl (C=O) groups is 1. The zero-order chi connectivity index (χ0) is 19.1. The number of nitrogens with one attached hydrogen (secondary N) is 2. The lowest BCUT2D eigenvalue weighted by atomic mass is 10.2. The van der Waals surface area contributed by atoms with Gasteiger partial charge in [-0.25, -0.2) is 4.98 Å². The molecule has 0 aliphatic carbocycles. The molecule has 2 N–H and O–H groups in total. The summed E-state index contributed by atoms with van der Waals surface area (Å²) in [5, 5.41) is 6.73. The molecule has 1 heterocycles. The summed E-state index contributed by atoms with van der Waals surface area (Å²) in [6.07, 6.45) is 1.64. The Bertz CT molecular complexity index is 913. The van der Waals surface area contributed by atoms with Crippen molar-refractivity contribution in [2.24, 2.45) is 0 Å². The fourth-order valence-corrected chi connectivity index (χ4v) is 2.79. The molecule has 2 aromatic carbocycles. The molecular formula is C21H20ClN3O2. The molecule has 1 aromatic heterocycles. The van der Waals surface area contributed by atoms with Crippen LogP contribution in [0.2, 0.25) is 5.02 Å². The standard InChI is InChI=1S/C21H20ClN3O2/c1-27-20-9-5-3-7-16(20)13-23-17-10-11-19(24-14-17)21(26)25-12-15-6-2-4-8-18(15)22/h2-11,14,23H,12-13H2,1H3,(H,25,26). The van der Waals surface area contributed by atoms with Crippen LogP contribution in [0.3, 0.4) is 0 Å². The Balaban J connectivity index is 1.56. The normalized spacial score (nSPS) is 10.3. The van der Waals surface area contributed by atoms with Crippen molar-refractivity contribution >= 4 is 23.2 Å². The first-order valence-corrected chi connectivity index (χ1v) is 8.88. The monoisotopic (exact) mass is 381 g/mol. The van der Waals surface area contributed by atoms with Gasteiger partial charge in [-0.2, -0.15) is 0 Å². The number of amides is 1. The maximum absolute atomic E-state index is 12.2. The van der Waals surface area contributed by atoms with Gasteiger partial charge in [0.05, 0.1) is 19.0 Å². The molecule has 0 saturated carbocycles. The van der Waals surface area contributed by atoms with Crippen LogP contribution in [-0.4, -0.2) is 18.0 Å². The van der Waals surface area contributed by atoms with Crippen LogP contribution in [0, 0.1) is 0 Å². The summed E-state index contributed by atoms with van der Waals surface area (Å²) in [7, 11) is 1.65. The second kappa shape index (κ2) is 9.05. The molecule has 3 rings (SSSR count). The number of hydrogen-bond donors (Lipinski definition) is 2. The first kappa shape index (κ1) is 18.7. The van der Waals surface area contributed by atoms with E-state index in [0.29, 0.717) is 23.8 Å². The number of carbonyl (C=O) groups excluding carboxylic acids is 1. The van der Waals surface area contributed by atoms with Crippen LogP contribution in [-0.2, 0) is 13.1 Å². The van der Waals surface area contributed by atoms with E-state index in [1.807, 2.05) is 48.5 Å². The molecular weight excluding hydrogens is 362 g/mol. The lowest BCUT2D eigenvalue weighted by Gasteiger charge is -2.11. The molecule has 27 heavy (non-hydrogen) atoms. The van der Waals surface area contributed by atoms with Crippen LogP contribution in [0.15, 0.2) is 66.9 Å². The summed E-state index contributed by atoms with van der Waals surface area (Å²) < 4.78 is 5.34. The van der Waals surface area contributed by atoms with Crippen LogP contribution in [0.1, 0.15) is 21.6 Å². The Morgan fingerprint density at radius 1 is 1.00 bits per heavy atom. The minimum Gasteiger partial charge on any atom is -0.496 e. The predicted octanol–water partition coefficient (Wildman–Crippen LogP) is 4.29. The van der Waals surface area contributed by atoms with Gasteiger partial charge in [0, 0.05) is 23.7 Å². The van der Waals surface area contributed by atoms with Crippen molar-refractivity contribution in [1.82, 2.24) is 10.3 Å². The number of para-hydroxylation sites is 1. The lowest BCUT2D eigenvalue weighted by Crippen LogP contribution is -2.23. The molecule has 1 amide bonds. The highest BCUT2D eigenvalue weighted by Gasteiger charge is 2.08. The van der Waals surface area contributed by atoms with Crippen molar-refractivity contribution in [3.63, 3.8) is 0 Å². The van der Waals surface area contributed by atoms with Crippen LogP contribution in [0.25, 0.3) is 0 Å². The minimum absolute atomic E-state index is 0.244. The van der Waals surface area contributed by atoms with E-state index >= 15 is 0 Å². The Kier molecular flexibility index (Phi) is 6.28. The number of anilines is 1. The number of rotatable bonds is 7. The largest absolute Gasteiger partial charge is 0.496 e. The van der Waals surface area contributed by atoms with E-state index in [9.17, 15) is 4.79 Å². The average Bonchev–Trinajstić information content (AvgIpc) is 2.72. The third kappa shape index (κ3) is 4.99. The average molecular weight is 382 g/mol. The lowest BCUT2D eigenvalue weighted by molar-refractivity contribution is 0.0946. The number of pyridine rings is 1. The molecule has 0 radical (unpaired) electrons. The number of nitrogens with zero attached hydrogens (tertiary/aromatic N) is 1. The Labute approximate surface area is 163 Å². The number of halogens is 1. The molecule has 0 saturated heterocycles. The smallest absolute Gasteiger partial charge is 0.270 e. The second-order valence-corrected chi connectivity index (χ2v) is 6.28. The van der Waals surface area contributed by atoms with Gasteiger partial charge in [-0.1, -0.05) is 48.0 Å². The highest BCUT2D eigenvalue weighted by molar-refractivity contribution is 6.31. The molecule has 6 heteroatoms. The third-order valence-corrected chi connectivity index (χ3v) is 4.44. The fraction of sp³-hybridized carbons (Fsp3) is 0.143. The van der Waals surface area contributed by atoms with E-state index in [-0.39, 0.29) is 5.91 Å². The summed E-state index contributed by atoms with van der Waals surface area (Å²) in [4.78, 5) is 16.5. The van der Waals surface area contributed by atoms with Gasteiger partial charge in [-0.3, -0.25) is 4.79 Å². The van der Waals surface area contributed by atoms with Gasteiger partial charge in [-0.15, -0.1) is 0 Å². The highest BCUT2D eigenvalue weighted by atomic mass is 35.5. The third-order valence-electron chi connectivity index (χ3n) is 4.07.